The molecule has 0 radical (unpaired) electrons. The van der Waals surface area contributed by atoms with Gasteiger partial charge in [-0.05, 0) is 38.0 Å². The van der Waals surface area contributed by atoms with Crippen molar-refractivity contribution in [1.29, 1.82) is 0 Å². The van der Waals surface area contributed by atoms with Gasteiger partial charge in [-0.2, -0.15) is 0 Å². The highest BCUT2D eigenvalue weighted by atomic mass is 35.5. The summed E-state index contributed by atoms with van der Waals surface area (Å²) in [6.45, 7) is 5.52. The Labute approximate surface area is 106 Å². The Morgan fingerprint density at radius 1 is 1.47 bits per heavy atom. The molecule has 0 aliphatic heterocycles. The lowest BCUT2D eigenvalue weighted by atomic mass is 10.0. The molecular weight excluding hydrogens is 240 g/mol. The molecule has 1 aromatic rings. The van der Waals surface area contributed by atoms with E-state index in [9.17, 15) is 4.79 Å². The third-order valence-electron chi connectivity index (χ3n) is 2.50. The number of benzene rings is 1. The van der Waals surface area contributed by atoms with Crippen molar-refractivity contribution >= 4 is 17.6 Å². The van der Waals surface area contributed by atoms with Gasteiger partial charge in [-0.1, -0.05) is 23.7 Å². The van der Waals surface area contributed by atoms with E-state index in [1.807, 2.05) is 32.9 Å². The SMILES string of the molecule is Cc1c(Cl)cccc1C[C@@H](OC(C)C)C(=O)O. The van der Waals surface area contributed by atoms with Crippen LogP contribution in [0.2, 0.25) is 5.02 Å². The van der Waals surface area contributed by atoms with Crippen molar-refractivity contribution in [3.63, 3.8) is 0 Å². The first-order chi connectivity index (χ1) is 7.91. The van der Waals surface area contributed by atoms with Crippen LogP contribution in [0.1, 0.15) is 25.0 Å². The molecule has 3 nitrogen and oxygen atoms in total. The third-order valence-corrected chi connectivity index (χ3v) is 2.91. The average molecular weight is 257 g/mol. The van der Waals surface area contributed by atoms with Gasteiger partial charge in [-0.15, -0.1) is 0 Å². The molecule has 0 saturated carbocycles. The second-order valence-electron chi connectivity index (χ2n) is 4.24. The van der Waals surface area contributed by atoms with Crippen LogP contribution in [0.3, 0.4) is 0 Å². The lowest BCUT2D eigenvalue weighted by Gasteiger charge is -2.17. The summed E-state index contributed by atoms with van der Waals surface area (Å²) in [7, 11) is 0. The highest BCUT2D eigenvalue weighted by Crippen LogP contribution is 2.21. The van der Waals surface area contributed by atoms with Gasteiger partial charge in [0.05, 0.1) is 6.10 Å². The second kappa shape index (κ2) is 6.03. The Bertz CT molecular complexity index is 402. The molecule has 17 heavy (non-hydrogen) atoms. The highest BCUT2D eigenvalue weighted by Gasteiger charge is 2.21. The molecule has 1 atom stereocenters. The molecule has 0 saturated heterocycles. The van der Waals surface area contributed by atoms with E-state index in [0.717, 1.165) is 11.1 Å². The van der Waals surface area contributed by atoms with Crippen molar-refractivity contribution in [3.05, 3.63) is 34.3 Å². The van der Waals surface area contributed by atoms with Crippen molar-refractivity contribution in [2.45, 2.75) is 39.4 Å². The fourth-order valence-electron chi connectivity index (χ4n) is 1.60. The Balaban J connectivity index is 2.86. The predicted octanol–water partition coefficient (Wildman–Crippen LogP) is 3.07. The topological polar surface area (TPSA) is 46.5 Å². The molecule has 0 amide bonds. The van der Waals surface area contributed by atoms with Crippen LogP contribution < -0.4 is 0 Å². The van der Waals surface area contributed by atoms with Gasteiger partial charge in [-0.3, -0.25) is 0 Å². The zero-order chi connectivity index (χ0) is 13.0. The first-order valence-electron chi connectivity index (χ1n) is 5.54. The number of rotatable bonds is 5. The van der Waals surface area contributed by atoms with E-state index in [4.69, 9.17) is 21.4 Å². The fraction of sp³-hybridized carbons (Fsp3) is 0.462. The average Bonchev–Trinajstić information content (AvgIpc) is 2.22. The van der Waals surface area contributed by atoms with Crippen molar-refractivity contribution in [3.8, 4) is 0 Å². The number of aliphatic carboxylic acids is 1. The normalized spacial score (nSPS) is 12.8. The quantitative estimate of drug-likeness (QED) is 0.881. The number of hydrogen-bond acceptors (Lipinski definition) is 2. The number of carboxylic acid groups (broad SMARTS) is 1. The molecule has 1 rings (SSSR count). The van der Waals surface area contributed by atoms with Gasteiger partial charge in [0, 0.05) is 11.4 Å². The van der Waals surface area contributed by atoms with Gasteiger partial charge in [-0.25, -0.2) is 4.79 Å². The van der Waals surface area contributed by atoms with E-state index in [2.05, 4.69) is 0 Å². The summed E-state index contributed by atoms with van der Waals surface area (Å²) in [5, 5.41) is 9.73. The molecule has 0 fully saturated rings. The van der Waals surface area contributed by atoms with E-state index >= 15 is 0 Å². The monoisotopic (exact) mass is 256 g/mol. The van der Waals surface area contributed by atoms with Crippen molar-refractivity contribution in [2.75, 3.05) is 0 Å². The molecule has 4 heteroatoms. The molecule has 1 N–H and O–H groups in total. The fourth-order valence-corrected chi connectivity index (χ4v) is 1.79. The van der Waals surface area contributed by atoms with E-state index in [1.54, 1.807) is 6.07 Å². The second-order valence-corrected chi connectivity index (χ2v) is 4.65. The molecule has 0 bridgehead atoms. The van der Waals surface area contributed by atoms with Crippen LogP contribution in [-0.2, 0) is 16.0 Å². The van der Waals surface area contributed by atoms with Crippen LogP contribution in [0.5, 0.6) is 0 Å². The maximum Gasteiger partial charge on any atom is 0.333 e. The molecule has 0 spiro atoms. The molecule has 94 valence electrons. The lowest BCUT2D eigenvalue weighted by molar-refractivity contribution is -0.153. The van der Waals surface area contributed by atoms with Gasteiger partial charge in [0.2, 0.25) is 0 Å². The zero-order valence-corrected chi connectivity index (χ0v) is 11.0. The van der Waals surface area contributed by atoms with Crippen LogP contribution in [0.15, 0.2) is 18.2 Å². The Hall–Kier alpha value is -1.06. The molecule has 0 heterocycles. The molecule has 0 unspecified atom stereocenters. The summed E-state index contributed by atoms with van der Waals surface area (Å²) >= 11 is 5.99. The summed E-state index contributed by atoms with van der Waals surface area (Å²) in [5.41, 5.74) is 1.82. The smallest absolute Gasteiger partial charge is 0.333 e. The van der Waals surface area contributed by atoms with Gasteiger partial charge < -0.3 is 9.84 Å². The first kappa shape index (κ1) is 14.0. The molecular formula is C13H17ClO3. The molecule has 0 aromatic heterocycles. The van der Waals surface area contributed by atoms with E-state index in [0.29, 0.717) is 11.4 Å². The Kier molecular flexibility index (Phi) is 4.97. The number of carboxylic acids is 1. The number of carbonyl (C=O) groups is 1. The van der Waals surface area contributed by atoms with E-state index in [-0.39, 0.29) is 6.10 Å². The maximum absolute atomic E-state index is 11.1. The van der Waals surface area contributed by atoms with Crippen molar-refractivity contribution in [2.24, 2.45) is 0 Å². The summed E-state index contributed by atoms with van der Waals surface area (Å²) in [6, 6.07) is 5.49. The Morgan fingerprint density at radius 2 is 2.12 bits per heavy atom. The lowest BCUT2D eigenvalue weighted by Crippen LogP contribution is -2.29. The minimum atomic E-state index is -0.946. The molecule has 1 aromatic carbocycles. The van der Waals surface area contributed by atoms with Gasteiger partial charge in [0.15, 0.2) is 6.10 Å². The van der Waals surface area contributed by atoms with Crippen LogP contribution in [-0.4, -0.2) is 23.3 Å². The highest BCUT2D eigenvalue weighted by molar-refractivity contribution is 6.31. The first-order valence-corrected chi connectivity index (χ1v) is 5.92. The number of halogens is 1. The Morgan fingerprint density at radius 3 is 2.65 bits per heavy atom. The minimum Gasteiger partial charge on any atom is -0.479 e. The van der Waals surface area contributed by atoms with E-state index in [1.165, 1.54) is 0 Å². The minimum absolute atomic E-state index is 0.115. The summed E-state index contributed by atoms with van der Waals surface area (Å²) in [5.74, 6) is -0.946. The zero-order valence-electron chi connectivity index (χ0n) is 10.2. The van der Waals surface area contributed by atoms with Crippen molar-refractivity contribution < 1.29 is 14.6 Å². The van der Waals surface area contributed by atoms with Crippen molar-refractivity contribution in [1.82, 2.24) is 0 Å². The largest absolute Gasteiger partial charge is 0.479 e. The maximum atomic E-state index is 11.1. The summed E-state index contributed by atoms with van der Waals surface area (Å²) in [6.07, 6.45) is -0.609. The number of ether oxygens (including phenoxy) is 1. The molecule has 0 aliphatic rings. The van der Waals surface area contributed by atoms with Crippen LogP contribution in [0.25, 0.3) is 0 Å². The van der Waals surface area contributed by atoms with Gasteiger partial charge >= 0.3 is 5.97 Å². The van der Waals surface area contributed by atoms with Gasteiger partial charge in [0.1, 0.15) is 0 Å². The number of hydrogen-bond donors (Lipinski definition) is 1. The predicted molar refractivity (Wildman–Crippen MR) is 67.5 cm³/mol. The summed E-state index contributed by atoms with van der Waals surface area (Å²) < 4.78 is 5.37. The molecule has 0 aliphatic carbocycles. The standard InChI is InChI=1S/C13H17ClO3/c1-8(2)17-12(13(15)16)7-10-5-4-6-11(14)9(10)3/h4-6,8,12H,7H2,1-3H3,(H,15,16)/t12-/m1/s1. The van der Waals surface area contributed by atoms with Crippen LogP contribution >= 0.6 is 11.6 Å². The summed E-state index contributed by atoms with van der Waals surface area (Å²) in [4.78, 5) is 11.1. The van der Waals surface area contributed by atoms with Crippen LogP contribution in [0, 0.1) is 6.92 Å². The third kappa shape index (κ3) is 4.02. The van der Waals surface area contributed by atoms with E-state index < -0.39 is 12.1 Å². The van der Waals surface area contributed by atoms with Gasteiger partial charge in [0.25, 0.3) is 0 Å². The van der Waals surface area contributed by atoms with Crippen LogP contribution in [0.4, 0.5) is 0 Å².